The summed E-state index contributed by atoms with van der Waals surface area (Å²) in [6, 6.07) is 3.78. The highest BCUT2D eigenvalue weighted by Gasteiger charge is 2.43. The van der Waals surface area contributed by atoms with E-state index in [0.29, 0.717) is 25.6 Å². The van der Waals surface area contributed by atoms with Crippen molar-refractivity contribution in [3.8, 4) is 0 Å². The van der Waals surface area contributed by atoms with Crippen molar-refractivity contribution in [3.63, 3.8) is 0 Å². The maximum Gasteiger partial charge on any atom is 0.325 e. The highest BCUT2D eigenvalue weighted by atomic mass is 16.3. The van der Waals surface area contributed by atoms with Gasteiger partial charge in [-0.25, -0.2) is 4.79 Å². The largest absolute Gasteiger partial charge is 0.464 e. The van der Waals surface area contributed by atoms with E-state index in [0.717, 1.165) is 17.4 Å². The lowest BCUT2D eigenvalue weighted by atomic mass is 10.1. The second-order valence-electron chi connectivity index (χ2n) is 7.37. The molecule has 1 saturated carbocycles. The number of likely N-dealkylation sites (N-methyl/N-ethyl adjacent to an activating group) is 1. The number of amides is 3. The third kappa shape index (κ3) is 3.27. The van der Waals surface area contributed by atoms with Gasteiger partial charge in [0.15, 0.2) is 0 Å². The molecule has 0 bridgehead atoms. The standard InChI is InChI=1S/C17H25N3O3/c1-11-9-13(11)14-6-5-12(23-14)10-19(4)7-8-20-15(21)17(2,3)18-16(20)22/h5-6,11,13H,7-10H2,1-4H3,(H,18,22)/t11-,13-/m0/s1. The van der Waals surface area contributed by atoms with E-state index >= 15 is 0 Å². The molecule has 2 heterocycles. The van der Waals surface area contributed by atoms with Gasteiger partial charge in [-0.2, -0.15) is 0 Å². The van der Waals surface area contributed by atoms with E-state index in [1.807, 2.05) is 13.1 Å². The number of hydrogen-bond donors (Lipinski definition) is 1. The van der Waals surface area contributed by atoms with Crippen LogP contribution in [-0.4, -0.2) is 47.4 Å². The number of imide groups is 1. The normalized spacial score (nSPS) is 26.0. The second kappa shape index (κ2) is 5.67. The Morgan fingerprint density at radius 2 is 2.09 bits per heavy atom. The van der Waals surface area contributed by atoms with Crippen LogP contribution < -0.4 is 5.32 Å². The molecular formula is C17H25N3O3. The van der Waals surface area contributed by atoms with Gasteiger partial charge in [0, 0.05) is 19.0 Å². The van der Waals surface area contributed by atoms with E-state index < -0.39 is 5.54 Å². The molecule has 0 radical (unpaired) electrons. The van der Waals surface area contributed by atoms with Crippen LogP contribution in [0.4, 0.5) is 4.79 Å². The van der Waals surface area contributed by atoms with E-state index in [1.165, 1.54) is 11.3 Å². The molecule has 1 N–H and O–H groups in total. The van der Waals surface area contributed by atoms with Crippen LogP contribution in [0.5, 0.6) is 0 Å². The summed E-state index contributed by atoms with van der Waals surface area (Å²) in [5, 5.41) is 2.69. The van der Waals surface area contributed by atoms with Gasteiger partial charge in [-0.05, 0) is 45.4 Å². The van der Waals surface area contributed by atoms with Crippen molar-refractivity contribution in [1.29, 1.82) is 0 Å². The summed E-state index contributed by atoms with van der Waals surface area (Å²) >= 11 is 0. The summed E-state index contributed by atoms with van der Waals surface area (Å²) in [6.45, 7) is 7.36. The zero-order chi connectivity index (χ0) is 16.8. The maximum atomic E-state index is 12.1. The zero-order valence-corrected chi connectivity index (χ0v) is 14.3. The van der Waals surface area contributed by atoms with E-state index in [1.54, 1.807) is 13.8 Å². The topological polar surface area (TPSA) is 65.8 Å². The van der Waals surface area contributed by atoms with E-state index in [-0.39, 0.29) is 11.9 Å². The molecule has 23 heavy (non-hydrogen) atoms. The summed E-state index contributed by atoms with van der Waals surface area (Å²) in [4.78, 5) is 27.3. The minimum absolute atomic E-state index is 0.168. The Labute approximate surface area is 136 Å². The Morgan fingerprint density at radius 1 is 1.39 bits per heavy atom. The molecule has 2 fully saturated rings. The number of nitrogens with one attached hydrogen (secondary N) is 1. The van der Waals surface area contributed by atoms with Crippen molar-refractivity contribution in [2.75, 3.05) is 20.1 Å². The monoisotopic (exact) mass is 319 g/mol. The number of urea groups is 1. The minimum Gasteiger partial charge on any atom is -0.464 e. The van der Waals surface area contributed by atoms with Gasteiger partial charge in [-0.3, -0.25) is 14.6 Å². The molecule has 3 rings (SSSR count). The first kappa shape index (κ1) is 16.1. The molecular weight excluding hydrogens is 294 g/mol. The number of furan rings is 1. The number of carbonyl (C=O) groups is 2. The summed E-state index contributed by atoms with van der Waals surface area (Å²) in [6.07, 6.45) is 1.21. The Balaban J connectivity index is 1.50. The number of carbonyl (C=O) groups excluding carboxylic acids is 2. The number of rotatable bonds is 6. The third-order valence-corrected chi connectivity index (χ3v) is 4.73. The van der Waals surface area contributed by atoms with Gasteiger partial charge < -0.3 is 9.73 Å². The minimum atomic E-state index is -0.799. The average Bonchev–Trinajstić information content (AvgIpc) is 2.93. The fourth-order valence-corrected chi connectivity index (χ4v) is 3.03. The van der Waals surface area contributed by atoms with Crippen molar-refractivity contribution in [2.45, 2.75) is 45.2 Å². The number of nitrogens with zero attached hydrogens (tertiary/aromatic N) is 2. The van der Waals surface area contributed by atoms with Crippen LogP contribution in [0.25, 0.3) is 0 Å². The first-order valence-electron chi connectivity index (χ1n) is 8.19. The Hall–Kier alpha value is -1.82. The molecule has 6 nitrogen and oxygen atoms in total. The molecule has 3 amide bonds. The van der Waals surface area contributed by atoms with Gasteiger partial charge in [0.1, 0.15) is 17.1 Å². The molecule has 1 saturated heterocycles. The SMILES string of the molecule is C[C@H]1C[C@@H]1c1ccc(CN(C)CCN2C(=O)NC(C)(C)C2=O)o1. The Bertz CT molecular complexity index is 622. The zero-order valence-electron chi connectivity index (χ0n) is 14.3. The van der Waals surface area contributed by atoms with Gasteiger partial charge in [0.05, 0.1) is 6.54 Å². The molecule has 0 unspecified atom stereocenters. The summed E-state index contributed by atoms with van der Waals surface area (Å²) < 4.78 is 5.89. The predicted octanol–water partition coefficient (Wildman–Crippen LogP) is 2.17. The molecule has 0 aromatic carbocycles. The number of hydrogen-bond acceptors (Lipinski definition) is 4. The summed E-state index contributed by atoms with van der Waals surface area (Å²) in [5.41, 5.74) is -0.799. The molecule has 1 aliphatic carbocycles. The molecule has 1 aliphatic heterocycles. The lowest BCUT2D eigenvalue weighted by Gasteiger charge is -2.20. The van der Waals surface area contributed by atoms with Crippen LogP contribution in [0.2, 0.25) is 0 Å². The maximum absolute atomic E-state index is 12.1. The highest BCUT2D eigenvalue weighted by molar-refractivity contribution is 6.06. The third-order valence-electron chi connectivity index (χ3n) is 4.73. The van der Waals surface area contributed by atoms with Crippen molar-refractivity contribution in [2.24, 2.45) is 5.92 Å². The van der Waals surface area contributed by atoms with Gasteiger partial charge in [0.2, 0.25) is 0 Å². The first-order valence-corrected chi connectivity index (χ1v) is 8.19. The predicted molar refractivity (Wildman–Crippen MR) is 85.9 cm³/mol. The highest BCUT2D eigenvalue weighted by Crippen LogP contribution is 2.47. The van der Waals surface area contributed by atoms with Gasteiger partial charge in [0.25, 0.3) is 5.91 Å². The molecule has 126 valence electrons. The molecule has 2 atom stereocenters. The lowest BCUT2D eigenvalue weighted by molar-refractivity contribution is -0.130. The van der Waals surface area contributed by atoms with Crippen LogP contribution in [0.1, 0.15) is 44.6 Å². The summed E-state index contributed by atoms with van der Waals surface area (Å²) in [7, 11) is 1.96. The van der Waals surface area contributed by atoms with E-state index in [2.05, 4.69) is 23.2 Å². The molecule has 2 aliphatic rings. The average molecular weight is 319 g/mol. The quantitative estimate of drug-likeness (QED) is 0.816. The molecule has 1 aromatic heterocycles. The van der Waals surface area contributed by atoms with E-state index in [4.69, 9.17) is 4.42 Å². The molecule has 6 heteroatoms. The van der Waals surface area contributed by atoms with Gasteiger partial charge in [-0.15, -0.1) is 0 Å². The van der Waals surface area contributed by atoms with E-state index in [9.17, 15) is 9.59 Å². The lowest BCUT2D eigenvalue weighted by Crippen LogP contribution is -2.41. The van der Waals surface area contributed by atoms with Crippen molar-refractivity contribution in [3.05, 3.63) is 23.7 Å². The second-order valence-corrected chi connectivity index (χ2v) is 7.37. The smallest absolute Gasteiger partial charge is 0.325 e. The van der Waals surface area contributed by atoms with Crippen LogP contribution in [0, 0.1) is 5.92 Å². The van der Waals surface area contributed by atoms with Crippen LogP contribution in [0.3, 0.4) is 0 Å². The van der Waals surface area contributed by atoms with Crippen molar-refractivity contribution in [1.82, 2.24) is 15.1 Å². The Kier molecular flexibility index (Phi) is 3.96. The first-order chi connectivity index (χ1) is 10.8. The Morgan fingerprint density at radius 3 is 2.65 bits per heavy atom. The van der Waals surface area contributed by atoms with Crippen LogP contribution in [-0.2, 0) is 11.3 Å². The fourth-order valence-electron chi connectivity index (χ4n) is 3.03. The van der Waals surface area contributed by atoms with Crippen molar-refractivity contribution >= 4 is 11.9 Å². The molecule has 0 spiro atoms. The van der Waals surface area contributed by atoms with Gasteiger partial charge >= 0.3 is 6.03 Å². The van der Waals surface area contributed by atoms with Crippen molar-refractivity contribution < 1.29 is 14.0 Å². The van der Waals surface area contributed by atoms with Crippen LogP contribution >= 0.6 is 0 Å². The molecule has 1 aromatic rings. The summed E-state index contributed by atoms with van der Waals surface area (Å²) in [5.74, 6) is 3.16. The van der Waals surface area contributed by atoms with Gasteiger partial charge in [-0.1, -0.05) is 6.92 Å². The van der Waals surface area contributed by atoms with Crippen LogP contribution in [0.15, 0.2) is 16.5 Å². The fraction of sp³-hybridized carbons (Fsp3) is 0.647.